The number of nitrogens with zero attached hydrogens (tertiary/aromatic N) is 5. The number of hydrogen-bond acceptors (Lipinski definition) is 6. The molecule has 0 amide bonds. The van der Waals surface area contributed by atoms with E-state index in [1.807, 2.05) is 19.0 Å². The normalized spacial score (nSPS) is 21.7. The van der Waals surface area contributed by atoms with Crippen LogP contribution in [0.2, 0.25) is 0 Å². The molecule has 1 N–H and O–H groups in total. The topological polar surface area (TPSA) is 57.2 Å². The van der Waals surface area contributed by atoms with Crippen LogP contribution in [0.5, 0.6) is 0 Å². The first-order valence-electron chi connectivity index (χ1n) is 8.02. The first kappa shape index (κ1) is 15.8. The number of nitrogens with one attached hydrogen (secondary N) is 1. The van der Waals surface area contributed by atoms with Crippen molar-refractivity contribution in [1.82, 2.24) is 15.0 Å². The van der Waals surface area contributed by atoms with E-state index >= 15 is 0 Å². The molecule has 1 aliphatic rings. The van der Waals surface area contributed by atoms with E-state index in [0.29, 0.717) is 24.0 Å². The van der Waals surface area contributed by atoms with Crippen LogP contribution in [0.15, 0.2) is 0 Å². The minimum atomic E-state index is 0.492. The van der Waals surface area contributed by atoms with Crippen molar-refractivity contribution in [2.45, 2.75) is 58.5 Å². The molecule has 2 atom stereocenters. The Morgan fingerprint density at radius 1 is 1.19 bits per heavy atom. The fraction of sp³-hybridized carbons (Fsp3) is 0.800. The lowest BCUT2D eigenvalue weighted by Gasteiger charge is -2.28. The van der Waals surface area contributed by atoms with Gasteiger partial charge in [0, 0.05) is 32.7 Å². The monoisotopic (exact) mass is 292 g/mol. The van der Waals surface area contributed by atoms with Gasteiger partial charge in [0.2, 0.25) is 17.8 Å². The molecule has 6 heteroatoms. The Morgan fingerprint density at radius 2 is 1.95 bits per heavy atom. The van der Waals surface area contributed by atoms with E-state index in [2.05, 4.69) is 45.9 Å². The summed E-state index contributed by atoms with van der Waals surface area (Å²) in [6, 6.07) is 1.03. The van der Waals surface area contributed by atoms with Crippen molar-refractivity contribution in [3.05, 3.63) is 0 Å². The van der Waals surface area contributed by atoms with E-state index in [9.17, 15) is 0 Å². The Bertz CT molecular complexity index is 461. The third kappa shape index (κ3) is 3.54. The first-order valence-corrected chi connectivity index (χ1v) is 8.02. The minimum absolute atomic E-state index is 0.492. The molecule has 21 heavy (non-hydrogen) atoms. The molecule has 0 aromatic carbocycles. The van der Waals surface area contributed by atoms with Gasteiger partial charge in [0.15, 0.2) is 0 Å². The van der Waals surface area contributed by atoms with E-state index in [1.165, 1.54) is 12.8 Å². The van der Waals surface area contributed by atoms with Crippen molar-refractivity contribution in [3.8, 4) is 0 Å². The SMILES string of the molecule is CCCNc1nc(N(C)C)nc(N2C(C)CCC2CC)n1. The fourth-order valence-corrected chi connectivity index (χ4v) is 2.82. The highest BCUT2D eigenvalue weighted by Crippen LogP contribution is 2.30. The van der Waals surface area contributed by atoms with Gasteiger partial charge in [-0.25, -0.2) is 0 Å². The lowest BCUT2D eigenvalue weighted by molar-refractivity contribution is 0.611. The van der Waals surface area contributed by atoms with Crippen LogP contribution in [0.3, 0.4) is 0 Å². The Hall–Kier alpha value is -1.59. The first-order chi connectivity index (χ1) is 10.1. The van der Waals surface area contributed by atoms with E-state index < -0.39 is 0 Å². The van der Waals surface area contributed by atoms with Crippen LogP contribution in [-0.2, 0) is 0 Å². The Balaban J connectivity index is 2.34. The molecule has 118 valence electrons. The standard InChI is InChI=1S/C15H28N6/c1-6-10-16-13-17-14(20(4)5)19-15(18-13)21-11(3)8-9-12(21)7-2/h11-12H,6-10H2,1-5H3,(H,16,17,18,19). The summed E-state index contributed by atoms with van der Waals surface area (Å²) < 4.78 is 0. The van der Waals surface area contributed by atoms with Gasteiger partial charge in [-0.1, -0.05) is 13.8 Å². The third-order valence-corrected chi connectivity index (χ3v) is 4.03. The summed E-state index contributed by atoms with van der Waals surface area (Å²) in [6.07, 6.45) is 4.61. The second-order valence-electron chi connectivity index (χ2n) is 5.98. The predicted molar refractivity (Wildman–Crippen MR) is 88.2 cm³/mol. The van der Waals surface area contributed by atoms with Crippen LogP contribution in [0.4, 0.5) is 17.8 Å². The van der Waals surface area contributed by atoms with Gasteiger partial charge in [-0.05, 0) is 32.6 Å². The van der Waals surface area contributed by atoms with Crippen molar-refractivity contribution < 1.29 is 0 Å². The summed E-state index contributed by atoms with van der Waals surface area (Å²) in [4.78, 5) is 18.1. The average Bonchev–Trinajstić information content (AvgIpc) is 2.85. The van der Waals surface area contributed by atoms with Gasteiger partial charge in [0.1, 0.15) is 0 Å². The number of rotatable bonds is 6. The lowest BCUT2D eigenvalue weighted by Crippen LogP contribution is -2.36. The molecule has 6 nitrogen and oxygen atoms in total. The number of hydrogen-bond donors (Lipinski definition) is 1. The van der Waals surface area contributed by atoms with Crippen molar-refractivity contribution in [3.63, 3.8) is 0 Å². The minimum Gasteiger partial charge on any atom is -0.354 e. The van der Waals surface area contributed by atoms with Crippen LogP contribution in [0.25, 0.3) is 0 Å². The number of anilines is 3. The summed E-state index contributed by atoms with van der Waals surface area (Å²) in [7, 11) is 3.93. The van der Waals surface area contributed by atoms with E-state index in [-0.39, 0.29) is 0 Å². The molecular formula is C15H28N6. The zero-order valence-electron chi connectivity index (χ0n) is 13.9. The maximum absolute atomic E-state index is 4.66. The van der Waals surface area contributed by atoms with Gasteiger partial charge < -0.3 is 15.1 Å². The van der Waals surface area contributed by atoms with Crippen LogP contribution >= 0.6 is 0 Å². The summed E-state index contributed by atoms with van der Waals surface area (Å²) in [6.45, 7) is 7.51. The molecule has 1 saturated heterocycles. The second-order valence-corrected chi connectivity index (χ2v) is 5.98. The van der Waals surface area contributed by atoms with E-state index in [1.54, 1.807) is 0 Å². The zero-order valence-corrected chi connectivity index (χ0v) is 13.9. The molecule has 1 aliphatic heterocycles. The molecule has 1 fully saturated rings. The van der Waals surface area contributed by atoms with Gasteiger partial charge in [-0.15, -0.1) is 0 Å². The van der Waals surface area contributed by atoms with Crippen molar-refractivity contribution >= 4 is 17.8 Å². The van der Waals surface area contributed by atoms with E-state index in [4.69, 9.17) is 0 Å². The van der Waals surface area contributed by atoms with E-state index in [0.717, 1.165) is 25.3 Å². The predicted octanol–water partition coefficient (Wildman–Crippen LogP) is 2.53. The van der Waals surface area contributed by atoms with Gasteiger partial charge in [0.25, 0.3) is 0 Å². The second kappa shape index (κ2) is 6.91. The Labute approximate surface area is 128 Å². The molecule has 0 spiro atoms. The molecular weight excluding hydrogens is 264 g/mol. The van der Waals surface area contributed by atoms with Crippen LogP contribution in [-0.4, -0.2) is 47.7 Å². The molecule has 2 unspecified atom stereocenters. The largest absolute Gasteiger partial charge is 0.354 e. The maximum atomic E-state index is 4.66. The summed E-state index contributed by atoms with van der Waals surface area (Å²) >= 11 is 0. The molecule has 2 heterocycles. The molecule has 0 radical (unpaired) electrons. The Kier molecular flexibility index (Phi) is 5.20. The summed E-state index contributed by atoms with van der Waals surface area (Å²) in [5.74, 6) is 2.20. The molecule has 0 aliphatic carbocycles. The summed E-state index contributed by atoms with van der Waals surface area (Å²) in [5.41, 5.74) is 0. The molecule has 0 bridgehead atoms. The fourth-order valence-electron chi connectivity index (χ4n) is 2.82. The lowest BCUT2D eigenvalue weighted by atomic mass is 10.2. The highest BCUT2D eigenvalue weighted by molar-refractivity contribution is 5.46. The van der Waals surface area contributed by atoms with Crippen molar-refractivity contribution in [1.29, 1.82) is 0 Å². The molecule has 1 aromatic rings. The van der Waals surface area contributed by atoms with Crippen molar-refractivity contribution in [2.24, 2.45) is 0 Å². The van der Waals surface area contributed by atoms with Crippen LogP contribution in [0.1, 0.15) is 46.5 Å². The Morgan fingerprint density at radius 3 is 2.57 bits per heavy atom. The highest BCUT2D eigenvalue weighted by Gasteiger charge is 2.32. The molecule has 0 saturated carbocycles. The van der Waals surface area contributed by atoms with Gasteiger partial charge in [-0.3, -0.25) is 0 Å². The van der Waals surface area contributed by atoms with Crippen LogP contribution < -0.4 is 15.1 Å². The van der Waals surface area contributed by atoms with Gasteiger partial charge >= 0.3 is 0 Å². The zero-order chi connectivity index (χ0) is 15.4. The summed E-state index contributed by atoms with van der Waals surface area (Å²) in [5, 5.41) is 3.29. The quantitative estimate of drug-likeness (QED) is 0.869. The van der Waals surface area contributed by atoms with Gasteiger partial charge in [-0.2, -0.15) is 15.0 Å². The third-order valence-electron chi connectivity index (χ3n) is 4.03. The smallest absolute Gasteiger partial charge is 0.232 e. The van der Waals surface area contributed by atoms with Crippen LogP contribution in [0, 0.1) is 0 Å². The number of aromatic nitrogens is 3. The highest BCUT2D eigenvalue weighted by atomic mass is 15.4. The molecule has 2 rings (SSSR count). The van der Waals surface area contributed by atoms with Gasteiger partial charge in [0.05, 0.1) is 0 Å². The average molecular weight is 292 g/mol. The maximum Gasteiger partial charge on any atom is 0.232 e. The molecule has 1 aromatic heterocycles. The van der Waals surface area contributed by atoms with Crippen molar-refractivity contribution in [2.75, 3.05) is 35.8 Å².